The fourth-order valence-electron chi connectivity index (χ4n) is 2.36. The van der Waals surface area contributed by atoms with Crippen LogP contribution in [-0.4, -0.2) is 17.5 Å². The number of alkyl halides is 1. The minimum Gasteiger partial charge on any atom is -0.374 e. The fourth-order valence-corrected chi connectivity index (χ4v) is 2.78. The molecule has 2 aliphatic rings. The number of ether oxygens (including phenoxy) is 1. The predicted molar refractivity (Wildman–Crippen MR) is 49.0 cm³/mol. The molecule has 2 heteroatoms. The van der Waals surface area contributed by atoms with Crippen molar-refractivity contribution in [2.45, 2.75) is 44.3 Å². The van der Waals surface area contributed by atoms with Crippen LogP contribution in [0, 0.1) is 5.92 Å². The van der Waals surface area contributed by atoms with E-state index in [0.717, 1.165) is 11.2 Å². The Balaban J connectivity index is 1.92. The van der Waals surface area contributed by atoms with Gasteiger partial charge in [-0.2, -0.15) is 0 Å². The van der Waals surface area contributed by atoms with Crippen molar-refractivity contribution >= 4 is 15.9 Å². The van der Waals surface area contributed by atoms with Gasteiger partial charge in [-0.15, -0.1) is 0 Å². The molecular formula is C9H15BrO. The maximum absolute atomic E-state index is 5.87. The molecule has 0 aromatic rings. The molecule has 0 amide bonds. The Morgan fingerprint density at radius 1 is 1.27 bits per heavy atom. The third kappa shape index (κ3) is 1.62. The predicted octanol–water partition coefficient (Wildman–Crippen LogP) is 2.73. The summed E-state index contributed by atoms with van der Waals surface area (Å²) in [5, 5.41) is 1.03. The molecule has 1 aliphatic carbocycles. The molecule has 1 unspecified atom stereocenters. The van der Waals surface area contributed by atoms with Gasteiger partial charge in [-0.05, 0) is 25.2 Å². The van der Waals surface area contributed by atoms with E-state index in [0.29, 0.717) is 12.2 Å². The van der Waals surface area contributed by atoms with E-state index in [4.69, 9.17) is 4.74 Å². The summed E-state index contributed by atoms with van der Waals surface area (Å²) in [5.74, 6) is 0.895. The van der Waals surface area contributed by atoms with Crippen molar-refractivity contribution in [2.75, 3.05) is 5.33 Å². The molecule has 3 atom stereocenters. The van der Waals surface area contributed by atoms with Gasteiger partial charge in [-0.3, -0.25) is 0 Å². The number of fused-ring (bicyclic) bond motifs is 1. The molecular weight excluding hydrogens is 204 g/mol. The maximum atomic E-state index is 5.87. The molecule has 1 saturated carbocycles. The molecule has 0 bridgehead atoms. The molecule has 1 nitrogen and oxygen atoms in total. The van der Waals surface area contributed by atoms with Gasteiger partial charge in [-0.25, -0.2) is 0 Å². The van der Waals surface area contributed by atoms with Crippen LogP contribution in [0.5, 0.6) is 0 Å². The lowest BCUT2D eigenvalue weighted by Crippen LogP contribution is -2.20. The lowest BCUT2D eigenvalue weighted by atomic mass is 9.86. The summed E-state index contributed by atoms with van der Waals surface area (Å²) < 4.78 is 5.87. The van der Waals surface area contributed by atoms with Gasteiger partial charge >= 0.3 is 0 Å². The SMILES string of the molecule is BrCC1C[C@@H]2CCCC[C@@H]2O1. The summed E-state index contributed by atoms with van der Waals surface area (Å²) in [6, 6.07) is 0. The van der Waals surface area contributed by atoms with Crippen LogP contribution in [0.3, 0.4) is 0 Å². The van der Waals surface area contributed by atoms with Crippen molar-refractivity contribution in [3.8, 4) is 0 Å². The molecule has 64 valence electrons. The van der Waals surface area contributed by atoms with Crippen molar-refractivity contribution in [3.63, 3.8) is 0 Å². The lowest BCUT2D eigenvalue weighted by molar-refractivity contribution is 0.0296. The van der Waals surface area contributed by atoms with Crippen LogP contribution < -0.4 is 0 Å². The van der Waals surface area contributed by atoms with Crippen LogP contribution in [0.15, 0.2) is 0 Å². The summed E-state index contributed by atoms with van der Waals surface area (Å²) in [4.78, 5) is 0. The molecule has 11 heavy (non-hydrogen) atoms. The summed E-state index contributed by atoms with van der Waals surface area (Å²) in [6.07, 6.45) is 7.97. The van der Waals surface area contributed by atoms with Gasteiger partial charge in [0, 0.05) is 5.33 Å². The van der Waals surface area contributed by atoms with Gasteiger partial charge in [0.25, 0.3) is 0 Å². The zero-order valence-corrected chi connectivity index (χ0v) is 8.35. The molecule has 2 rings (SSSR count). The number of hydrogen-bond donors (Lipinski definition) is 0. The third-order valence-corrected chi connectivity index (χ3v) is 3.67. The van der Waals surface area contributed by atoms with Gasteiger partial charge in [0.05, 0.1) is 12.2 Å². The Hall–Kier alpha value is 0.440. The van der Waals surface area contributed by atoms with E-state index < -0.39 is 0 Å². The van der Waals surface area contributed by atoms with E-state index in [2.05, 4.69) is 15.9 Å². The van der Waals surface area contributed by atoms with Crippen molar-refractivity contribution in [1.29, 1.82) is 0 Å². The minimum absolute atomic E-state index is 0.517. The standard InChI is InChI=1S/C9H15BrO/c10-6-8-5-7-3-1-2-4-9(7)11-8/h7-9H,1-6H2/t7-,8?,9-/m0/s1. The molecule has 1 aliphatic heterocycles. The molecule has 0 aromatic carbocycles. The highest BCUT2D eigenvalue weighted by atomic mass is 79.9. The monoisotopic (exact) mass is 218 g/mol. The molecule has 1 heterocycles. The van der Waals surface area contributed by atoms with Crippen molar-refractivity contribution < 1.29 is 4.74 Å². The van der Waals surface area contributed by atoms with Gasteiger partial charge < -0.3 is 4.74 Å². The first-order chi connectivity index (χ1) is 5.40. The van der Waals surface area contributed by atoms with E-state index in [1.807, 2.05) is 0 Å². The quantitative estimate of drug-likeness (QED) is 0.616. The summed E-state index contributed by atoms with van der Waals surface area (Å²) in [7, 11) is 0. The molecule has 0 radical (unpaired) electrons. The van der Waals surface area contributed by atoms with Gasteiger partial charge in [0.1, 0.15) is 0 Å². The highest BCUT2D eigenvalue weighted by Gasteiger charge is 2.35. The van der Waals surface area contributed by atoms with Crippen molar-refractivity contribution in [1.82, 2.24) is 0 Å². The topological polar surface area (TPSA) is 9.23 Å². The number of hydrogen-bond acceptors (Lipinski definition) is 1. The Kier molecular flexibility index (Phi) is 2.52. The minimum atomic E-state index is 0.517. The fraction of sp³-hybridized carbons (Fsp3) is 1.00. The van der Waals surface area contributed by atoms with Crippen LogP contribution >= 0.6 is 15.9 Å². The first kappa shape index (κ1) is 8.06. The van der Waals surface area contributed by atoms with E-state index >= 15 is 0 Å². The number of halogens is 1. The Morgan fingerprint density at radius 3 is 2.82 bits per heavy atom. The lowest BCUT2D eigenvalue weighted by Gasteiger charge is -2.23. The average molecular weight is 219 g/mol. The Labute approximate surface area is 76.6 Å². The van der Waals surface area contributed by atoms with E-state index in [1.54, 1.807) is 0 Å². The van der Waals surface area contributed by atoms with E-state index in [1.165, 1.54) is 32.1 Å². The van der Waals surface area contributed by atoms with Crippen LogP contribution in [0.4, 0.5) is 0 Å². The third-order valence-electron chi connectivity index (χ3n) is 2.94. The van der Waals surface area contributed by atoms with E-state index in [-0.39, 0.29) is 0 Å². The van der Waals surface area contributed by atoms with Gasteiger partial charge in [0.15, 0.2) is 0 Å². The van der Waals surface area contributed by atoms with Crippen LogP contribution in [0.25, 0.3) is 0 Å². The second-order valence-corrected chi connectivity index (χ2v) is 4.38. The summed E-state index contributed by atoms with van der Waals surface area (Å²) in [6.45, 7) is 0. The maximum Gasteiger partial charge on any atom is 0.0679 e. The normalized spacial score (nSPS) is 43.9. The van der Waals surface area contributed by atoms with Gasteiger partial charge in [0.2, 0.25) is 0 Å². The zero-order chi connectivity index (χ0) is 7.68. The second kappa shape index (κ2) is 3.44. The average Bonchev–Trinajstić information content (AvgIpc) is 2.46. The first-order valence-electron chi connectivity index (χ1n) is 4.61. The van der Waals surface area contributed by atoms with Crippen LogP contribution in [0.2, 0.25) is 0 Å². The van der Waals surface area contributed by atoms with Crippen LogP contribution in [0.1, 0.15) is 32.1 Å². The van der Waals surface area contributed by atoms with E-state index in [9.17, 15) is 0 Å². The first-order valence-corrected chi connectivity index (χ1v) is 5.73. The molecule has 2 fully saturated rings. The van der Waals surface area contributed by atoms with Crippen molar-refractivity contribution in [3.05, 3.63) is 0 Å². The molecule has 0 N–H and O–H groups in total. The zero-order valence-electron chi connectivity index (χ0n) is 6.76. The summed E-state index contributed by atoms with van der Waals surface area (Å²) in [5.41, 5.74) is 0. The van der Waals surface area contributed by atoms with Crippen molar-refractivity contribution in [2.24, 2.45) is 5.92 Å². The molecule has 0 aromatic heterocycles. The molecule has 0 spiro atoms. The second-order valence-electron chi connectivity index (χ2n) is 3.73. The number of rotatable bonds is 1. The highest BCUT2D eigenvalue weighted by Crippen LogP contribution is 2.37. The highest BCUT2D eigenvalue weighted by molar-refractivity contribution is 9.09. The Morgan fingerprint density at radius 2 is 2.09 bits per heavy atom. The summed E-state index contributed by atoms with van der Waals surface area (Å²) >= 11 is 3.48. The largest absolute Gasteiger partial charge is 0.374 e. The Bertz CT molecular complexity index is 124. The smallest absolute Gasteiger partial charge is 0.0679 e. The van der Waals surface area contributed by atoms with Crippen LogP contribution in [-0.2, 0) is 4.74 Å². The molecule has 1 saturated heterocycles. The van der Waals surface area contributed by atoms with Gasteiger partial charge in [-0.1, -0.05) is 28.8 Å².